The van der Waals surface area contributed by atoms with Crippen molar-refractivity contribution < 1.29 is 41.1 Å². The van der Waals surface area contributed by atoms with Crippen LogP contribution in [0, 0.1) is 0 Å². The second-order valence-electron chi connectivity index (χ2n) is 15.1. The molecule has 0 aliphatic heterocycles. The summed E-state index contributed by atoms with van der Waals surface area (Å²) in [5.41, 5.74) is 11.7. The molecule has 0 unspecified atom stereocenters. The Hall–Kier alpha value is -7.78. The molecule has 3 heterocycles. The monoisotopic (exact) mass is 1020 g/mol. The second kappa shape index (κ2) is 32.2. The highest BCUT2D eigenvalue weighted by atomic mass is 35.5. The van der Waals surface area contributed by atoms with Gasteiger partial charge in [-0.25, -0.2) is 14.1 Å². The van der Waals surface area contributed by atoms with Crippen LogP contribution in [-0.4, -0.2) is 59.5 Å². The summed E-state index contributed by atoms with van der Waals surface area (Å²) in [5.74, 6) is 0.816. The molecule has 0 aliphatic carbocycles. The third kappa shape index (κ3) is 16.9. The van der Waals surface area contributed by atoms with Gasteiger partial charge in [0.05, 0.1) is 12.7 Å². The molecule has 3 N–H and O–H groups in total. The van der Waals surface area contributed by atoms with Crippen LogP contribution in [0.1, 0.15) is 28.2 Å². The summed E-state index contributed by atoms with van der Waals surface area (Å²) in [6.45, 7) is 6.85. The number of para-hydroxylation sites is 4. The van der Waals surface area contributed by atoms with Crippen molar-refractivity contribution >= 4 is 81.4 Å². The van der Waals surface area contributed by atoms with Crippen LogP contribution in [-0.2, 0) is 26.1 Å². The Bertz CT molecular complexity index is 2830. The molecule has 0 spiro atoms. The van der Waals surface area contributed by atoms with Crippen LogP contribution in [0.15, 0.2) is 213 Å². The van der Waals surface area contributed by atoms with Gasteiger partial charge in [0, 0.05) is 78.9 Å². The fraction of sp³-hybridized carbons (Fsp3) is 0.172. The molecule has 3 aromatic heterocycles. The van der Waals surface area contributed by atoms with Crippen molar-refractivity contribution in [2.45, 2.75) is 34.7 Å². The quantitative estimate of drug-likeness (QED) is 0.0486. The van der Waals surface area contributed by atoms with Crippen LogP contribution in [0.5, 0.6) is 0 Å². The normalized spacial score (nSPS) is 9.95. The lowest BCUT2D eigenvalue weighted by Crippen LogP contribution is -3.00. The maximum absolute atomic E-state index is 8.36. The number of rotatable bonds is 16. The van der Waals surface area contributed by atoms with E-state index in [2.05, 4.69) is 193 Å². The highest BCUT2D eigenvalue weighted by Gasteiger charge is 2.18. The Labute approximate surface area is 442 Å². The van der Waals surface area contributed by atoms with E-state index in [1.165, 1.54) is 0 Å². The van der Waals surface area contributed by atoms with E-state index >= 15 is 0 Å². The predicted molar refractivity (Wildman–Crippen MR) is 296 cm³/mol. The highest BCUT2D eigenvalue weighted by Crippen LogP contribution is 2.37. The van der Waals surface area contributed by atoms with Gasteiger partial charge >= 0.3 is 5.65 Å². The van der Waals surface area contributed by atoms with Crippen molar-refractivity contribution in [3.63, 3.8) is 0 Å². The molecule has 382 valence electrons. The Balaban J connectivity index is 0.000000302. The first kappa shape index (κ1) is 59.5. The second-order valence-corrected chi connectivity index (χ2v) is 15.1. The first-order valence-corrected chi connectivity index (χ1v) is 23.1. The van der Waals surface area contributed by atoms with Crippen LogP contribution < -0.4 is 37.4 Å². The van der Waals surface area contributed by atoms with Crippen molar-refractivity contribution in [1.82, 2.24) is 14.5 Å². The van der Waals surface area contributed by atoms with E-state index in [-0.39, 0.29) is 38.7 Å². The number of benzene rings is 6. The SMILES string of the molecule is C.CCOC(OCC)OCC.CNc1ncccc1Nc1cccc(N(c2ccccc2)c2ccccc2)c1.C[n+]1cn(-c2cccc(N(c3ccccc3)c3ccccc3)c2)c2cccnc21.Cl.O=CO.[Cl-]. The minimum atomic E-state index is -0.472. The fourth-order valence-electron chi connectivity index (χ4n) is 7.46. The zero-order valence-corrected chi connectivity index (χ0v) is 42.6. The number of halogens is 2. The molecule has 0 saturated carbocycles. The van der Waals surface area contributed by atoms with Gasteiger partial charge in [-0.15, -0.1) is 17.4 Å². The topological polar surface area (TPSA) is 130 Å². The van der Waals surface area contributed by atoms with E-state index < -0.39 is 6.48 Å². The number of carbonyl (C=O) groups is 1. The number of ether oxygens (including phenoxy) is 3. The fourth-order valence-corrected chi connectivity index (χ4v) is 7.46. The number of hydrogen-bond acceptors (Lipinski definition) is 10. The number of carboxylic acid groups (broad SMARTS) is 1. The minimum Gasteiger partial charge on any atom is -1.00 e. The third-order valence-corrected chi connectivity index (χ3v) is 10.4. The van der Waals surface area contributed by atoms with E-state index in [0.717, 1.165) is 68.2 Å². The molecule has 0 radical (unpaired) electrons. The molecule has 9 aromatic rings. The number of anilines is 9. The number of aryl methyl sites for hydroxylation is 1. The first-order valence-electron chi connectivity index (χ1n) is 23.1. The molecule has 0 atom stereocenters. The summed E-state index contributed by atoms with van der Waals surface area (Å²) in [6.07, 6.45) is 5.68. The molecule has 0 amide bonds. The standard InChI is InChI=1S/C25H21N4.C24H22N4.C7H16O3.CH2O2.CH4.2ClH/c1-27-19-28(24-16-9-17-26-25(24)27)22-14-8-15-23(18-22)29(20-10-4-2-5-11-20)21-12-6-3-7-13-21;1-25-24-23(16-9-17-26-24)27-19-10-8-15-22(18-19)28(20-11-4-2-5-12-20)21-13-6-3-7-14-21;1-4-8-7(9-5-2)10-6-3;2-1-3;;;/h2-19H,1H3;2-18,27H,1H3,(H,25,26);7H,4-6H2,1-3H3;1H,(H,2,3);1H4;2*1H/q+1;;;;;;/p-1. The summed E-state index contributed by atoms with van der Waals surface area (Å²) in [6, 6.07) is 66.7. The summed E-state index contributed by atoms with van der Waals surface area (Å²) < 4.78 is 19.5. The first-order chi connectivity index (χ1) is 34.4. The Morgan fingerprint density at radius 2 is 1.03 bits per heavy atom. The van der Waals surface area contributed by atoms with Crippen LogP contribution in [0.2, 0.25) is 0 Å². The van der Waals surface area contributed by atoms with E-state index in [0.29, 0.717) is 19.8 Å². The van der Waals surface area contributed by atoms with Crippen molar-refractivity contribution in [2.75, 3.05) is 47.3 Å². The molecular formula is C58H66Cl2N8O5. The summed E-state index contributed by atoms with van der Waals surface area (Å²) in [4.78, 5) is 21.7. The zero-order valence-electron chi connectivity index (χ0n) is 41.0. The van der Waals surface area contributed by atoms with Gasteiger partial charge in [0.15, 0.2) is 11.8 Å². The lowest BCUT2D eigenvalue weighted by atomic mass is 10.2. The number of aromatic nitrogens is 4. The van der Waals surface area contributed by atoms with Crippen LogP contribution in [0.3, 0.4) is 0 Å². The van der Waals surface area contributed by atoms with E-state index in [9.17, 15) is 0 Å². The van der Waals surface area contributed by atoms with Crippen LogP contribution in [0.25, 0.3) is 16.9 Å². The number of fused-ring (bicyclic) bond motifs is 1. The molecule has 0 saturated heterocycles. The molecular weight excluding hydrogens is 960 g/mol. The summed E-state index contributed by atoms with van der Waals surface area (Å²) in [7, 11) is 3.90. The lowest BCUT2D eigenvalue weighted by molar-refractivity contribution is -0.647. The highest BCUT2D eigenvalue weighted by molar-refractivity contribution is 5.85. The summed E-state index contributed by atoms with van der Waals surface area (Å²) >= 11 is 0. The molecule has 0 aliphatic rings. The van der Waals surface area contributed by atoms with Gasteiger partial charge in [-0.3, -0.25) is 4.79 Å². The lowest BCUT2D eigenvalue weighted by Gasteiger charge is -2.26. The van der Waals surface area contributed by atoms with Crippen molar-refractivity contribution in [3.05, 3.63) is 213 Å². The molecule has 9 rings (SSSR count). The van der Waals surface area contributed by atoms with Gasteiger partial charge in [0.25, 0.3) is 12.9 Å². The number of hydrogen-bond donors (Lipinski definition) is 3. The Morgan fingerprint density at radius 1 is 0.603 bits per heavy atom. The van der Waals surface area contributed by atoms with Crippen molar-refractivity contribution in [1.29, 1.82) is 0 Å². The average Bonchev–Trinajstić information content (AvgIpc) is 3.75. The predicted octanol–water partition coefficient (Wildman–Crippen LogP) is 10.8. The van der Waals surface area contributed by atoms with Gasteiger partial charge in [-0.1, -0.05) is 92.4 Å². The van der Waals surface area contributed by atoms with Gasteiger partial charge in [0.2, 0.25) is 0 Å². The number of pyridine rings is 2. The van der Waals surface area contributed by atoms with Gasteiger partial charge < -0.3 is 52.2 Å². The maximum atomic E-state index is 8.36. The molecule has 0 bridgehead atoms. The smallest absolute Gasteiger partial charge is 0.301 e. The largest absolute Gasteiger partial charge is 1.00 e. The minimum absolute atomic E-state index is 0. The van der Waals surface area contributed by atoms with Gasteiger partial charge in [0.1, 0.15) is 17.7 Å². The number of nitrogens with one attached hydrogen (secondary N) is 2. The van der Waals surface area contributed by atoms with E-state index in [1.54, 1.807) is 6.20 Å². The average molecular weight is 1030 g/mol. The van der Waals surface area contributed by atoms with Gasteiger partial charge in [-0.05, 0) is 124 Å². The van der Waals surface area contributed by atoms with Crippen LogP contribution in [0.4, 0.5) is 51.3 Å². The maximum Gasteiger partial charge on any atom is 0.301 e. The third-order valence-electron chi connectivity index (χ3n) is 10.4. The van der Waals surface area contributed by atoms with Crippen molar-refractivity contribution in [2.24, 2.45) is 7.05 Å². The molecule has 73 heavy (non-hydrogen) atoms. The molecule has 6 aromatic carbocycles. The Morgan fingerprint density at radius 3 is 1.49 bits per heavy atom. The Kier molecular flexibility index (Phi) is 26.3. The molecule has 13 nitrogen and oxygen atoms in total. The molecule has 15 heteroatoms. The van der Waals surface area contributed by atoms with E-state index in [1.807, 2.05) is 88.1 Å². The summed E-state index contributed by atoms with van der Waals surface area (Å²) in [5, 5.41) is 13.5. The zero-order chi connectivity index (χ0) is 49.3. The van der Waals surface area contributed by atoms with Crippen molar-refractivity contribution in [3.8, 4) is 5.69 Å². The number of imidazole rings is 1. The molecule has 0 fully saturated rings. The van der Waals surface area contributed by atoms with Crippen LogP contribution >= 0.6 is 12.4 Å². The van der Waals surface area contributed by atoms with Gasteiger partial charge in [-0.2, -0.15) is 0 Å². The van der Waals surface area contributed by atoms with E-state index in [4.69, 9.17) is 24.1 Å². The number of nitrogens with zero attached hydrogens (tertiary/aromatic N) is 6.